The quantitative estimate of drug-likeness (QED) is 0.0325. The van der Waals surface area contributed by atoms with Gasteiger partial charge in [-0.25, -0.2) is 19.2 Å². The van der Waals surface area contributed by atoms with Crippen LogP contribution in [-0.2, 0) is 51.3 Å². The number of esters is 7. The second kappa shape index (κ2) is 26.2. The SMILES string of the molecule is CCO[Si](CCCNC(=O)SC(C)CC(=O)OCC(C)(COC(=O)CC(C)SC(=O)c1ccc2c(c1)C(=O)OC2=O)COC(=O)CC(C)SC(=O)c1ccc2c(c1)C(=O)OC2=O)(OCC)OCC. The van der Waals surface area contributed by atoms with Crippen molar-refractivity contribution in [3.8, 4) is 0 Å². The Morgan fingerprint density at radius 3 is 1.34 bits per heavy atom. The van der Waals surface area contributed by atoms with E-state index in [0.717, 1.165) is 35.3 Å². The van der Waals surface area contributed by atoms with Crippen molar-refractivity contribution in [2.24, 2.45) is 5.41 Å². The molecule has 3 unspecified atom stereocenters. The van der Waals surface area contributed by atoms with Crippen LogP contribution in [0.25, 0.3) is 0 Å². The number of cyclic esters (lactones) is 4. The van der Waals surface area contributed by atoms with Gasteiger partial charge in [-0.2, -0.15) is 0 Å². The predicted molar refractivity (Wildman–Crippen MR) is 250 cm³/mol. The first-order valence-electron chi connectivity index (χ1n) is 21.8. The third-order valence-electron chi connectivity index (χ3n) is 9.81. The van der Waals surface area contributed by atoms with E-state index in [9.17, 15) is 47.9 Å². The van der Waals surface area contributed by atoms with Crippen molar-refractivity contribution in [2.45, 2.75) is 95.9 Å². The molecule has 2 aromatic carbocycles. The van der Waals surface area contributed by atoms with E-state index >= 15 is 0 Å². The molecule has 0 fully saturated rings. The summed E-state index contributed by atoms with van der Waals surface area (Å²) in [6.07, 6.45) is -0.107. The second-order valence-electron chi connectivity index (χ2n) is 15.9. The minimum Gasteiger partial charge on any atom is -0.465 e. The summed E-state index contributed by atoms with van der Waals surface area (Å²) in [6, 6.07) is 8.40. The second-order valence-corrected chi connectivity index (χ2v) is 22.9. The van der Waals surface area contributed by atoms with E-state index in [-0.39, 0.29) is 64.5 Å². The maximum absolute atomic E-state index is 13.1. The molecule has 1 amide bonds. The van der Waals surface area contributed by atoms with Gasteiger partial charge in [0.25, 0.3) is 5.24 Å². The van der Waals surface area contributed by atoms with Crippen LogP contribution in [-0.4, -0.2) is 128 Å². The van der Waals surface area contributed by atoms with Gasteiger partial charge in [0.05, 0.1) is 46.9 Å². The zero-order valence-electron chi connectivity index (χ0n) is 38.8. The number of rotatable bonds is 27. The third-order valence-corrected chi connectivity index (χ3v) is 15.9. The van der Waals surface area contributed by atoms with E-state index in [1.54, 1.807) is 27.7 Å². The Kier molecular flexibility index (Phi) is 21.4. The van der Waals surface area contributed by atoms with Gasteiger partial charge in [0, 0.05) is 59.3 Å². The van der Waals surface area contributed by atoms with Crippen LogP contribution in [0, 0.1) is 5.41 Å². The highest BCUT2D eigenvalue weighted by atomic mass is 32.2. The lowest BCUT2D eigenvalue weighted by Gasteiger charge is -2.28. The lowest BCUT2D eigenvalue weighted by Crippen LogP contribution is -2.46. The molecule has 0 bridgehead atoms. The standard InChI is InChI=1S/C45H55NO18S3Si/c1-8-60-68(61-9-2,62-10-3)17-11-16-46-44(56)67-28(6)20-37(49)59-25-45(7,23-57-35(47)18-26(4)65-42(54)29-12-14-31-33(21-29)40(52)63-38(31)50)24-58-36(48)19-27(5)66-43(55)30-13-15-32-34(22-30)41(53)64-39(32)51/h12-15,21-22,26-28H,8-11,16-20,23-25H2,1-7H3,(H,46,56). The first kappa shape index (κ1) is 55.7. The zero-order chi connectivity index (χ0) is 50.2. The number of nitrogens with one attached hydrogen (secondary N) is 1. The highest BCUT2D eigenvalue weighted by molar-refractivity contribution is 8.15. The summed E-state index contributed by atoms with van der Waals surface area (Å²) >= 11 is 2.52. The number of hydrogen-bond acceptors (Lipinski definition) is 21. The monoisotopic (exact) mass is 1020 g/mol. The molecule has 68 heavy (non-hydrogen) atoms. The van der Waals surface area contributed by atoms with Crippen molar-refractivity contribution in [3.63, 3.8) is 0 Å². The molecule has 2 aromatic rings. The van der Waals surface area contributed by atoms with Gasteiger partial charge in [-0.05, 0) is 70.5 Å². The largest absolute Gasteiger partial charge is 0.500 e. The van der Waals surface area contributed by atoms with Crippen LogP contribution in [0.4, 0.5) is 4.79 Å². The normalized spacial score (nSPS) is 15.2. The molecule has 4 rings (SSSR count). The van der Waals surface area contributed by atoms with Crippen LogP contribution in [0.2, 0.25) is 6.04 Å². The molecule has 0 saturated heterocycles. The molecule has 2 aliphatic heterocycles. The van der Waals surface area contributed by atoms with Crippen LogP contribution in [0.5, 0.6) is 0 Å². The van der Waals surface area contributed by atoms with Gasteiger partial charge in [-0.15, -0.1) is 0 Å². The van der Waals surface area contributed by atoms with E-state index in [1.165, 1.54) is 36.4 Å². The summed E-state index contributed by atoms with van der Waals surface area (Å²) in [5.41, 5.74) is -1.02. The smallest absolute Gasteiger partial charge is 0.465 e. The number of hydrogen-bond donors (Lipinski definition) is 1. The van der Waals surface area contributed by atoms with Crippen molar-refractivity contribution < 1.29 is 84.9 Å². The molecule has 0 aliphatic carbocycles. The molecule has 370 valence electrons. The van der Waals surface area contributed by atoms with Crippen molar-refractivity contribution >= 4 is 101 Å². The Hall–Kier alpha value is -4.91. The van der Waals surface area contributed by atoms with Gasteiger partial charge in [-0.3, -0.25) is 28.8 Å². The maximum atomic E-state index is 13.1. The fourth-order valence-electron chi connectivity index (χ4n) is 6.54. The Bertz CT molecular complexity index is 2120. The predicted octanol–water partition coefficient (Wildman–Crippen LogP) is 6.61. The highest BCUT2D eigenvalue weighted by Gasteiger charge is 2.40. The summed E-state index contributed by atoms with van der Waals surface area (Å²) in [4.78, 5) is 125. The fourth-order valence-corrected chi connectivity index (χ4v) is 11.6. The van der Waals surface area contributed by atoms with Crippen LogP contribution < -0.4 is 5.32 Å². The Balaban J connectivity index is 1.31. The molecule has 0 aromatic heterocycles. The third kappa shape index (κ3) is 16.7. The Labute approximate surface area is 407 Å². The summed E-state index contributed by atoms with van der Waals surface area (Å²) < 4.78 is 43.4. The average Bonchev–Trinajstić information content (AvgIpc) is 3.73. The fraction of sp³-hybridized carbons (Fsp3) is 0.511. The van der Waals surface area contributed by atoms with Crippen molar-refractivity contribution in [1.82, 2.24) is 5.32 Å². The first-order valence-corrected chi connectivity index (χ1v) is 26.3. The Morgan fingerprint density at radius 1 is 0.588 bits per heavy atom. The average molecular weight is 1020 g/mol. The molecule has 0 saturated carbocycles. The number of amides is 1. The first-order chi connectivity index (χ1) is 32.2. The highest BCUT2D eigenvalue weighted by Crippen LogP contribution is 2.29. The number of thioether (sulfide) groups is 3. The molecule has 3 atom stereocenters. The molecular weight excluding hydrogens is 967 g/mol. The molecule has 23 heteroatoms. The summed E-state index contributed by atoms with van der Waals surface area (Å²) in [5.74, 6) is -5.48. The summed E-state index contributed by atoms with van der Waals surface area (Å²) in [7, 11) is -2.87. The molecule has 19 nitrogen and oxygen atoms in total. The molecule has 2 aliphatic rings. The molecule has 1 N–H and O–H groups in total. The number of fused-ring (bicyclic) bond motifs is 2. The minimum atomic E-state index is -2.87. The van der Waals surface area contributed by atoms with Crippen LogP contribution in [0.15, 0.2) is 36.4 Å². The number of carbonyl (C=O) groups excluding carboxylic acids is 10. The molecular formula is C45H55NO18S3Si. The minimum absolute atomic E-state index is 0.0345. The summed E-state index contributed by atoms with van der Waals surface area (Å²) in [5, 5.41) is -0.198. The van der Waals surface area contributed by atoms with E-state index in [1.807, 2.05) is 20.8 Å². The van der Waals surface area contributed by atoms with Gasteiger partial charge < -0.3 is 42.3 Å². The van der Waals surface area contributed by atoms with Gasteiger partial charge in [-0.1, -0.05) is 56.1 Å². The van der Waals surface area contributed by atoms with Crippen molar-refractivity contribution in [3.05, 3.63) is 69.8 Å². The van der Waals surface area contributed by atoms with E-state index in [2.05, 4.69) is 14.8 Å². The lowest BCUT2D eigenvalue weighted by atomic mass is 9.94. The molecule has 0 radical (unpaired) electrons. The van der Waals surface area contributed by atoms with Crippen LogP contribution >= 0.6 is 35.3 Å². The van der Waals surface area contributed by atoms with Gasteiger partial charge >= 0.3 is 50.6 Å². The van der Waals surface area contributed by atoms with Gasteiger partial charge in [0.1, 0.15) is 19.8 Å². The molecule has 2 heterocycles. The van der Waals surface area contributed by atoms with Gasteiger partial charge in [0.15, 0.2) is 0 Å². The number of benzene rings is 2. The Morgan fingerprint density at radius 2 is 0.956 bits per heavy atom. The number of ether oxygens (including phenoxy) is 5. The number of carbonyl (C=O) groups is 10. The lowest BCUT2D eigenvalue weighted by molar-refractivity contribution is -0.160. The van der Waals surface area contributed by atoms with Crippen LogP contribution in [0.1, 0.15) is 136 Å². The van der Waals surface area contributed by atoms with E-state index in [4.69, 9.17) is 27.5 Å². The van der Waals surface area contributed by atoms with E-state index in [0.29, 0.717) is 38.8 Å². The van der Waals surface area contributed by atoms with Crippen LogP contribution in [0.3, 0.4) is 0 Å². The van der Waals surface area contributed by atoms with Gasteiger partial charge in [0.2, 0.25) is 10.2 Å². The topological polar surface area (TPSA) is 257 Å². The maximum Gasteiger partial charge on any atom is 0.500 e. The summed E-state index contributed by atoms with van der Waals surface area (Å²) in [6.45, 7) is 12.5. The van der Waals surface area contributed by atoms with E-state index < -0.39 is 95.2 Å². The molecule has 0 spiro atoms. The van der Waals surface area contributed by atoms with Crippen molar-refractivity contribution in [1.29, 1.82) is 0 Å². The van der Waals surface area contributed by atoms with Crippen molar-refractivity contribution in [2.75, 3.05) is 46.2 Å². The zero-order valence-corrected chi connectivity index (χ0v) is 42.2.